The van der Waals surface area contributed by atoms with Crippen LogP contribution in [0.15, 0.2) is 17.3 Å². The van der Waals surface area contributed by atoms with Crippen molar-refractivity contribution in [3.63, 3.8) is 0 Å². The Hall–Kier alpha value is -1.84. The molecule has 3 saturated carbocycles. The third kappa shape index (κ3) is 3.30. The van der Waals surface area contributed by atoms with E-state index in [9.17, 15) is 9.32 Å². The molecular formula is C24H29ClN6O2S. The number of aliphatic hydroxyl groups excluding tert-OH is 1. The van der Waals surface area contributed by atoms with Crippen molar-refractivity contribution in [2.45, 2.75) is 78.9 Å². The third-order valence-corrected chi connectivity index (χ3v) is 10.9. The van der Waals surface area contributed by atoms with E-state index in [2.05, 4.69) is 20.2 Å². The average molecular weight is 501 g/mol. The second kappa shape index (κ2) is 7.58. The minimum atomic E-state index is -1.04. The smallest absolute Gasteiger partial charge is 0.227 e. The van der Waals surface area contributed by atoms with Gasteiger partial charge < -0.3 is 15.3 Å². The summed E-state index contributed by atoms with van der Waals surface area (Å²) in [4.78, 5) is 21.8. The van der Waals surface area contributed by atoms with Crippen molar-refractivity contribution >= 4 is 34.2 Å². The van der Waals surface area contributed by atoms with Crippen LogP contribution in [0.1, 0.15) is 74.7 Å². The number of rotatable bonds is 5. The van der Waals surface area contributed by atoms with E-state index in [0.717, 1.165) is 86.8 Å². The van der Waals surface area contributed by atoms with E-state index in [0.29, 0.717) is 28.1 Å². The Morgan fingerprint density at radius 1 is 1.15 bits per heavy atom. The molecule has 8 nitrogen and oxygen atoms in total. The summed E-state index contributed by atoms with van der Waals surface area (Å²) in [6.07, 6.45) is 11.8. The van der Waals surface area contributed by atoms with Crippen LogP contribution in [0.25, 0.3) is 0 Å². The Morgan fingerprint density at radius 3 is 2.53 bits per heavy atom. The molecule has 5 aliphatic rings. The van der Waals surface area contributed by atoms with Crippen molar-refractivity contribution in [3.8, 4) is 0 Å². The second-order valence-corrected chi connectivity index (χ2v) is 13.1. The predicted octanol–water partition coefficient (Wildman–Crippen LogP) is 3.39. The molecule has 0 amide bonds. The van der Waals surface area contributed by atoms with Gasteiger partial charge in [0.25, 0.3) is 0 Å². The molecule has 34 heavy (non-hydrogen) atoms. The Balaban J connectivity index is 1.09. The molecule has 2 N–H and O–H groups in total. The lowest BCUT2D eigenvalue weighted by Crippen LogP contribution is -2.58. The first-order valence-electron chi connectivity index (χ1n) is 12.4. The molecule has 7 rings (SSSR count). The highest BCUT2D eigenvalue weighted by Crippen LogP contribution is 2.56. The topological polar surface area (TPSA) is 104 Å². The summed E-state index contributed by atoms with van der Waals surface area (Å²) in [5, 5.41) is 14.3. The number of hydrogen-bond donors (Lipinski definition) is 2. The zero-order valence-electron chi connectivity index (χ0n) is 19.0. The van der Waals surface area contributed by atoms with Crippen molar-refractivity contribution in [1.29, 1.82) is 0 Å². The van der Waals surface area contributed by atoms with Gasteiger partial charge in [-0.1, -0.05) is 11.6 Å². The maximum atomic E-state index is 13.0. The van der Waals surface area contributed by atoms with Gasteiger partial charge in [-0.05, 0) is 51.4 Å². The second-order valence-electron chi connectivity index (χ2n) is 11.1. The Bertz CT molecular complexity index is 1150. The van der Waals surface area contributed by atoms with Gasteiger partial charge >= 0.3 is 0 Å². The first kappa shape index (κ1) is 21.4. The molecular weight excluding hydrogens is 472 g/mol. The summed E-state index contributed by atoms with van der Waals surface area (Å²) in [5.41, 5.74) is 0.964. The first-order valence-corrected chi connectivity index (χ1v) is 14.0. The maximum Gasteiger partial charge on any atom is 0.227 e. The van der Waals surface area contributed by atoms with Crippen LogP contribution in [0, 0.1) is 5.41 Å². The van der Waals surface area contributed by atoms with E-state index in [1.54, 1.807) is 12.4 Å². The van der Waals surface area contributed by atoms with Crippen molar-refractivity contribution in [3.05, 3.63) is 28.9 Å². The van der Waals surface area contributed by atoms with Crippen molar-refractivity contribution < 1.29 is 9.32 Å². The molecule has 2 aromatic heterocycles. The predicted molar refractivity (Wildman–Crippen MR) is 130 cm³/mol. The molecule has 4 fully saturated rings. The monoisotopic (exact) mass is 500 g/mol. The van der Waals surface area contributed by atoms with E-state index in [1.807, 2.05) is 0 Å². The summed E-state index contributed by atoms with van der Waals surface area (Å²) in [6, 6.07) is 0. The van der Waals surface area contributed by atoms with Crippen molar-refractivity contribution in [2.24, 2.45) is 5.41 Å². The first-order chi connectivity index (χ1) is 16.5. The molecule has 0 bridgehead atoms. The highest BCUT2D eigenvalue weighted by molar-refractivity contribution is 7.86. The van der Waals surface area contributed by atoms with Crippen LogP contribution < -0.4 is 10.2 Å². The lowest BCUT2D eigenvalue weighted by Gasteiger charge is -2.53. The quantitative estimate of drug-likeness (QED) is 0.643. The lowest BCUT2D eigenvalue weighted by atomic mass is 9.66. The van der Waals surface area contributed by atoms with Gasteiger partial charge in [0, 0.05) is 48.0 Å². The van der Waals surface area contributed by atoms with Crippen LogP contribution in [0.5, 0.6) is 0 Å². The molecule has 10 heteroatoms. The van der Waals surface area contributed by atoms with E-state index in [-0.39, 0.29) is 17.4 Å². The van der Waals surface area contributed by atoms with Gasteiger partial charge in [-0.2, -0.15) is 4.98 Å². The van der Waals surface area contributed by atoms with Gasteiger partial charge in [0.15, 0.2) is 0 Å². The largest absolute Gasteiger partial charge is 0.394 e. The molecule has 2 aromatic rings. The molecule has 1 spiro atoms. The number of nitrogens with one attached hydrogen (secondary N) is 1. The fraction of sp³-hybridized carbons (Fsp3) is 0.667. The fourth-order valence-corrected chi connectivity index (χ4v) is 8.30. The van der Waals surface area contributed by atoms with Gasteiger partial charge in [-0.25, -0.2) is 15.0 Å². The molecule has 3 unspecified atom stereocenters. The molecule has 1 saturated heterocycles. The van der Waals surface area contributed by atoms with E-state index in [4.69, 9.17) is 21.6 Å². The van der Waals surface area contributed by atoms with Gasteiger partial charge in [-0.15, -0.1) is 0 Å². The van der Waals surface area contributed by atoms with Crippen LogP contribution in [0.4, 0.5) is 11.8 Å². The number of fused-ring (bicyclic) bond motifs is 3. The van der Waals surface area contributed by atoms with Gasteiger partial charge in [0.1, 0.15) is 16.5 Å². The molecule has 0 radical (unpaired) electrons. The minimum Gasteiger partial charge on any atom is -0.394 e. The van der Waals surface area contributed by atoms with E-state index >= 15 is 0 Å². The molecule has 3 atom stereocenters. The fourth-order valence-electron chi connectivity index (χ4n) is 6.40. The molecule has 2 aliphatic heterocycles. The summed E-state index contributed by atoms with van der Waals surface area (Å²) in [6.45, 7) is 2.00. The van der Waals surface area contributed by atoms with Crippen LogP contribution in [-0.2, 0) is 10.8 Å². The minimum absolute atomic E-state index is 0.0753. The van der Waals surface area contributed by atoms with E-state index < -0.39 is 10.8 Å². The lowest BCUT2D eigenvalue weighted by molar-refractivity contribution is 0.124. The zero-order valence-corrected chi connectivity index (χ0v) is 20.6. The van der Waals surface area contributed by atoms with Gasteiger partial charge in [0.2, 0.25) is 5.95 Å². The van der Waals surface area contributed by atoms with Gasteiger partial charge in [0.05, 0.1) is 33.7 Å². The van der Waals surface area contributed by atoms with Crippen LogP contribution in [0.3, 0.4) is 0 Å². The Kier molecular flexibility index (Phi) is 4.78. The standard InChI is InChI=1S/C24H29ClN6O2S/c25-15-9-26-20(27-10-15)14-2-6-23(7-3-14)11-31(12-23)22-28-18-16-8-17(16)34(33)19(18)21(29-22)30-24(13-32)4-1-5-24/h9-10,14,16-17,32H,1-8,11-13H2,(H,28,29,30). The SMILES string of the molecule is O=S1c2c(NC3(CO)CCC3)nc(N3CC4(CCC(c5ncc(Cl)cn5)CC4)C3)nc2C2CC21. The number of aromatic nitrogens is 4. The summed E-state index contributed by atoms with van der Waals surface area (Å²) >= 11 is 5.95. The average Bonchev–Trinajstić information content (AvgIpc) is 3.55. The number of aliphatic hydroxyl groups is 1. The highest BCUT2D eigenvalue weighted by Gasteiger charge is 2.55. The summed E-state index contributed by atoms with van der Waals surface area (Å²) in [5.74, 6) is 3.09. The van der Waals surface area contributed by atoms with Crippen LogP contribution in [0.2, 0.25) is 5.02 Å². The normalized spacial score (nSPS) is 30.3. The van der Waals surface area contributed by atoms with Crippen molar-refractivity contribution in [1.82, 2.24) is 19.9 Å². The molecule has 0 aromatic carbocycles. The Morgan fingerprint density at radius 2 is 1.88 bits per heavy atom. The van der Waals surface area contributed by atoms with E-state index in [1.165, 1.54) is 0 Å². The van der Waals surface area contributed by atoms with Crippen LogP contribution in [-0.4, -0.2) is 59.7 Å². The molecule has 180 valence electrons. The molecule has 3 aliphatic carbocycles. The highest BCUT2D eigenvalue weighted by atomic mass is 35.5. The summed E-state index contributed by atoms with van der Waals surface area (Å²) < 4.78 is 13.0. The Labute approximate surface area is 206 Å². The number of anilines is 2. The van der Waals surface area contributed by atoms with Gasteiger partial charge in [-0.3, -0.25) is 4.21 Å². The maximum absolute atomic E-state index is 13.0. The summed E-state index contributed by atoms with van der Waals surface area (Å²) in [7, 11) is -1.04. The number of hydrogen-bond acceptors (Lipinski definition) is 8. The number of halogens is 1. The molecule has 4 heterocycles. The van der Waals surface area contributed by atoms with Crippen molar-refractivity contribution in [2.75, 3.05) is 29.9 Å². The zero-order chi connectivity index (χ0) is 23.1. The van der Waals surface area contributed by atoms with Crippen LogP contribution >= 0.6 is 11.6 Å². The third-order valence-electron chi connectivity index (χ3n) is 8.82. The number of nitrogens with zero attached hydrogens (tertiary/aromatic N) is 5.